The first kappa shape index (κ1) is 22.4. The van der Waals surface area contributed by atoms with Crippen LogP contribution in [0.3, 0.4) is 0 Å². The van der Waals surface area contributed by atoms with E-state index in [-0.39, 0.29) is 42.7 Å². The number of rotatable bonds is 3. The maximum absolute atomic E-state index is 12.6. The molecule has 4 rings (SSSR count). The van der Waals surface area contributed by atoms with Gasteiger partial charge in [0.1, 0.15) is 5.75 Å². The lowest BCUT2D eigenvalue weighted by molar-refractivity contribution is -0.274. The number of pyridine rings is 1. The normalized spacial score (nSPS) is 17.9. The van der Waals surface area contributed by atoms with Gasteiger partial charge in [-0.25, -0.2) is 0 Å². The molecule has 1 saturated heterocycles. The van der Waals surface area contributed by atoms with Gasteiger partial charge in [-0.1, -0.05) is 0 Å². The highest BCUT2D eigenvalue weighted by molar-refractivity contribution is 6.39. The van der Waals surface area contributed by atoms with Crippen LogP contribution in [0.1, 0.15) is 12.6 Å². The second-order valence-electron chi connectivity index (χ2n) is 7.61. The standard InChI is InChI=1S/C21H19F3N4O5/c1-12-11-27(6-7-28(12)14-2-4-15(5-3-14)33-21(22,23)24)20(31)19(30)26-13-8-17-16(25-10-13)9-18(29)32-17/h2-5,8,10,12H,6-7,9,11H2,1H3,(H,26,30)/t12-/m1/s1. The minimum atomic E-state index is -4.76. The Labute approximate surface area is 186 Å². The fourth-order valence-electron chi connectivity index (χ4n) is 3.75. The fourth-order valence-corrected chi connectivity index (χ4v) is 3.75. The average Bonchev–Trinajstić information content (AvgIpc) is 3.12. The summed E-state index contributed by atoms with van der Waals surface area (Å²) in [7, 11) is 0. The van der Waals surface area contributed by atoms with Crippen LogP contribution in [0, 0.1) is 0 Å². The summed E-state index contributed by atoms with van der Waals surface area (Å²) in [4.78, 5) is 43.7. The Bertz CT molecular complexity index is 1090. The second-order valence-corrected chi connectivity index (χ2v) is 7.61. The SMILES string of the molecule is C[C@@H]1CN(C(=O)C(=O)Nc2cnc3c(c2)OC(=O)C3)CCN1c1ccc(OC(F)(F)F)cc1. The maximum Gasteiger partial charge on any atom is 0.573 e. The molecule has 0 radical (unpaired) electrons. The highest BCUT2D eigenvalue weighted by atomic mass is 19.4. The van der Waals surface area contributed by atoms with Gasteiger partial charge in [0.2, 0.25) is 0 Å². The van der Waals surface area contributed by atoms with Crippen LogP contribution in [-0.2, 0) is 20.8 Å². The van der Waals surface area contributed by atoms with Crippen LogP contribution in [0.5, 0.6) is 11.5 Å². The summed E-state index contributed by atoms with van der Waals surface area (Å²) in [6.45, 7) is 2.72. The van der Waals surface area contributed by atoms with Crippen molar-refractivity contribution in [3.05, 3.63) is 42.2 Å². The lowest BCUT2D eigenvalue weighted by Crippen LogP contribution is -2.55. The molecular weight excluding hydrogens is 445 g/mol. The molecule has 1 atom stereocenters. The predicted octanol–water partition coefficient (Wildman–Crippen LogP) is 2.12. The van der Waals surface area contributed by atoms with Crippen molar-refractivity contribution in [3.63, 3.8) is 0 Å². The Morgan fingerprint density at radius 2 is 1.94 bits per heavy atom. The number of amides is 2. The van der Waals surface area contributed by atoms with Crippen molar-refractivity contribution in [1.29, 1.82) is 0 Å². The van der Waals surface area contributed by atoms with E-state index in [0.717, 1.165) is 0 Å². The van der Waals surface area contributed by atoms with E-state index in [2.05, 4.69) is 15.0 Å². The van der Waals surface area contributed by atoms with Gasteiger partial charge in [-0.05, 0) is 31.2 Å². The van der Waals surface area contributed by atoms with Crippen molar-refractivity contribution >= 4 is 29.2 Å². The van der Waals surface area contributed by atoms with Crippen molar-refractivity contribution in [2.45, 2.75) is 25.7 Å². The quantitative estimate of drug-likeness (QED) is 0.549. The van der Waals surface area contributed by atoms with Gasteiger partial charge in [0.15, 0.2) is 5.75 Å². The molecule has 9 nitrogen and oxygen atoms in total. The highest BCUT2D eigenvalue weighted by Crippen LogP contribution is 2.28. The minimum absolute atomic E-state index is 0.0583. The van der Waals surface area contributed by atoms with E-state index in [1.807, 2.05) is 11.8 Å². The van der Waals surface area contributed by atoms with Gasteiger partial charge in [0.25, 0.3) is 0 Å². The molecule has 12 heteroatoms. The zero-order valence-corrected chi connectivity index (χ0v) is 17.4. The Hall–Kier alpha value is -3.83. The number of hydrogen-bond acceptors (Lipinski definition) is 7. The number of esters is 1. The van der Waals surface area contributed by atoms with Gasteiger partial charge in [0, 0.05) is 37.4 Å². The Kier molecular flexibility index (Phi) is 5.83. The molecule has 0 saturated carbocycles. The predicted molar refractivity (Wildman–Crippen MR) is 109 cm³/mol. The van der Waals surface area contributed by atoms with Gasteiger partial charge in [-0.15, -0.1) is 13.2 Å². The number of carbonyl (C=O) groups excluding carboxylic acids is 3. The average molecular weight is 464 g/mol. The summed E-state index contributed by atoms with van der Waals surface area (Å²) in [6.07, 6.45) is -3.36. The summed E-state index contributed by atoms with van der Waals surface area (Å²) in [5.41, 5.74) is 1.37. The lowest BCUT2D eigenvalue weighted by Gasteiger charge is -2.41. The van der Waals surface area contributed by atoms with E-state index in [1.165, 1.54) is 41.4 Å². The maximum atomic E-state index is 12.6. The molecule has 0 aliphatic carbocycles. The number of aromatic nitrogens is 1. The Balaban J connectivity index is 1.34. The first-order chi connectivity index (χ1) is 15.6. The lowest BCUT2D eigenvalue weighted by atomic mass is 10.1. The molecule has 0 bridgehead atoms. The van der Waals surface area contributed by atoms with Crippen LogP contribution in [0.4, 0.5) is 24.5 Å². The monoisotopic (exact) mass is 464 g/mol. The van der Waals surface area contributed by atoms with Gasteiger partial charge < -0.3 is 24.6 Å². The molecule has 174 valence electrons. The van der Waals surface area contributed by atoms with Gasteiger partial charge in [0.05, 0.1) is 24.0 Å². The number of fused-ring (bicyclic) bond motifs is 1. The number of hydrogen-bond donors (Lipinski definition) is 1. The zero-order chi connectivity index (χ0) is 23.8. The van der Waals surface area contributed by atoms with Crippen LogP contribution in [0.15, 0.2) is 36.5 Å². The second kappa shape index (κ2) is 8.60. The van der Waals surface area contributed by atoms with E-state index < -0.39 is 24.1 Å². The van der Waals surface area contributed by atoms with E-state index in [0.29, 0.717) is 17.9 Å². The molecule has 2 aromatic rings. The summed E-state index contributed by atoms with van der Waals surface area (Å²) in [6, 6.07) is 6.71. The van der Waals surface area contributed by atoms with E-state index in [9.17, 15) is 27.6 Å². The number of halogens is 3. The molecule has 2 aliphatic heterocycles. The minimum Gasteiger partial charge on any atom is -0.424 e. The first-order valence-corrected chi connectivity index (χ1v) is 10.0. The van der Waals surface area contributed by atoms with Crippen molar-refractivity contribution in [2.75, 3.05) is 29.9 Å². The third kappa shape index (κ3) is 5.16. The molecule has 1 aromatic heterocycles. The molecule has 0 spiro atoms. The molecule has 3 heterocycles. The summed E-state index contributed by atoms with van der Waals surface area (Å²) in [5.74, 6) is -2.09. The molecule has 33 heavy (non-hydrogen) atoms. The van der Waals surface area contributed by atoms with Crippen LogP contribution >= 0.6 is 0 Å². The molecule has 0 unspecified atom stereocenters. The number of alkyl halides is 3. The Morgan fingerprint density at radius 3 is 2.61 bits per heavy atom. The number of piperazine rings is 1. The van der Waals surface area contributed by atoms with Crippen LogP contribution in [0.2, 0.25) is 0 Å². The number of carbonyl (C=O) groups is 3. The van der Waals surface area contributed by atoms with E-state index in [1.54, 1.807) is 0 Å². The van der Waals surface area contributed by atoms with Crippen LogP contribution in [0.25, 0.3) is 0 Å². The van der Waals surface area contributed by atoms with Gasteiger partial charge in [-0.2, -0.15) is 0 Å². The summed E-state index contributed by atoms with van der Waals surface area (Å²) in [5, 5.41) is 2.46. The summed E-state index contributed by atoms with van der Waals surface area (Å²) >= 11 is 0. The van der Waals surface area contributed by atoms with Gasteiger partial charge in [-0.3, -0.25) is 19.4 Å². The topological polar surface area (TPSA) is 101 Å². The smallest absolute Gasteiger partial charge is 0.424 e. The van der Waals surface area contributed by atoms with Crippen molar-refractivity contribution < 1.29 is 37.0 Å². The van der Waals surface area contributed by atoms with E-state index >= 15 is 0 Å². The van der Waals surface area contributed by atoms with Crippen LogP contribution < -0.4 is 19.7 Å². The van der Waals surface area contributed by atoms with Crippen molar-refractivity contribution in [3.8, 4) is 11.5 Å². The Morgan fingerprint density at radius 1 is 1.21 bits per heavy atom. The first-order valence-electron chi connectivity index (χ1n) is 10.0. The molecule has 1 aromatic carbocycles. The fraction of sp³-hybridized carbons (Fsp3) is 0.333. The van der Waals surface area contributed by atoms with Crippen molar-refractivity contribution in [2.24, 2.45) is 0 Å². The molecular formula is C21H19F3N4O5. The number of nitrogens with one attached hydrogen (secondary N) is 1. The number of ether oxygens (including phenoxy) is 2. The largest absolute Gasteiger partial charge is 0.573 e. The number of benzene rings is 1. The molecule has 1 fully saturated rings. The molecule has 1 N–H and O–H groups in total. The van der Waals surface area contributed by atoms with Gasteiger partial charge >= 0.3 is 24.1 Å². The molecule has 2 aliphatic rings. The van der Waals surface area contributed by atoms with Crippen LogP contribution in [-0.4, -0.2) is 59.7 Å². The highest BCUT2D eigenvalue weighted by Gasteiger charge is 2.32. The van der Waals surface area contributed by atoms with Crippen molar-refractivity contribution in [1.82, 2.24) is 9.88 Å². The van der Waals surface area contributed by atoms with E-state index in [4.69, 9.17) is 4.74 Å². The zero-order valence-electron chi connectivity index (χ0n) is 17.4. The molecule has 2 amide bonds. The third-order valence-electron chi connectivity index (χ3n) is 5.23. The number of anilines is 2. The number of nitrogens with zero attached hydrogens (tertiary/aromatic N) is 3. The summed E-state index contributed by atoms with van der Waals surface area (Å²) < 4.78 is 45.9. The third-order valence-corrected chi connectivity index (χ3v) is 5.23.